The minimum absolute atomic E-state index is 0.0219. The van der Waals surface area contributed by atoms with Gasteiger partial charge in [0, 0.05) is 17.3 Å². The van der Waals surface area contributed by atoms with E-state index < -0.39 is 5.82 Å². The van der Waals surface area contributed by atoms with Crippen LogP contribution < -0.4 is 11.1 Å². The molecule has 1 aromatic heterocycles. The number of pyridine rings is 1. The quantitative estimate of drug-likeness (QED) is 0.703. The van der Waals surface area contributed by atoms with E-state index in [1.807, 2.05) is 18.2 Å². The van der Waals surface area contributed by atoms with Crippen LogP contribution in [0.5, 0.6) is 0 Å². The van der Waals surface area contributed by atoms with E-state index in [0.717, 1.165) is 11.1 Å². The van der Waals surface area contributed by atoms with Crippen molar-refractivity contribution in [2.45, 2.75) is 0 Å². The van der Waals surface area contributed by atoms with E-state index in [2.05, 4.69) is 10.3 Å². The van der Waals surface area contributed by atoms with Gasteiger partial charge in [0.05, 0.1) is 16.9 Å². The molecule has 0 fully saturated rings. The van der Waals surface area contributed by atoms with Crippen molar-refractivity contribution in [3.63, 3.8) is 0 Å². The summed E-state index contributed by atoms with van der Waals surface area (Å²) in [5.74, 6) is -0.555. The Morgan fingerprint density at radius 3 is 2.71 bits per heavy atom. The number of halogens is 1. The normalized spacial score (nSPS) is 10.3. The number of benzene rings is 2. The van der Waals surface area contributed by atoms with Crippen LogP contribution >= 0.6 is 0 Å². The number of anilines is 3. The molecule has 0 spiro atoms. The Morgan fingerprint density at radius 1 is 1.10 bits per heavy atom. The average Bonchev–Trinajstić information content (AvgIpc) is 2.49. The van der Waals surface area contributed by atoms with Gasteiger partial charge in [-0.05, 0) is 24.3 Å². The van der Waals surface area contributed by atoms with Crippen LogP contribution in [-0.2, 0) is 0 Å². The van der Waals surface area contributed by atoms with Crippen LogP contribution in [0, 0.1) is 17.1 Å². The number of fused-ring (bicyclic) bond motifs is 1. The van der Waals surface area contributed by atoms with Gasteiger partial charge in [0.15, 0.2) is 0 Å². The van der Waals surface area contributed by atoms with Gasteiger partial charge in [-0.15, -0.1) is 0 Å². The maximum atomic E-state index is 13.6. The van der Waals surface area contributed by atoms with Crippen molar-refractivity contribution >= 4 is 28.0 Å². The Bertz CT molecular complexity index is 868. The number of hydrogen-bond acceptors (Lipinski definition) is 4. The number of hydrogen-bond donors (Lipinski definition) is 2. The molecular weight excluding hydrogens is 267 g/mol. The summed E-state index contributed by atoms with van der Waals surface area (Å²) in [4.78, 5) is 4.24. The monoisotopic (exact) mass is 278 g/mol. The van der Waals surface area contributed by atoms with E-state index in [-0.39, 0.29) is 5.56 Å². The molecule has 2 aromatic carbocycles. The van der Waals surface area contributed by atoms with Crippen LogP contribution in [0.15, 0.2) is 48.7 Å². The molecule has 3 aromatic rings. The van der Waals surface area contributed by atoms with Gasteiger partial charge in [0.2, 0.25) is 0 Å². The molecule has 3 N–H and O–H groups in total. The fourth-order valence-electron chi connectivity index (χ4n) is 2.19. The third-order valence-electron chi connectivity index (χ3n) is 3.20. The highest BCUT2D eigenvalue weighted by molar-refractivity contribution is 5.99. The second kappa shape index (κ2) is 5.10. The van der Waals surface area contributed by atoms with E-state index in [0.29, 0.717) is 16.9 Å². The first-order chi connectivity index (χ1) is 10.2. The smallest absolute Gasteiger partial charge is 0.143 e. The van der Waals surface area contributed by atoms with Crippen LogP contribution in [0.3, 0.4) is 0 Å². The van der Waals surface area contributed by atoms with Gasteiger partial charge < -0.3 is 11.1 Å². The summed E-state index contributed by atoms with van der Waals surface area (Å²) in [5, 5.41) is 13.0. The Labute approximate surface area is 120 Å². The molecule has 21 heavy (non-hydrogen) atoms. The summed E-state index contributed by atoms with van der Waals surface area (Å²) < 4.78 is 13.6. The van der Waals surface area contributed by atoms with Crippen molar-refractivity contribution in [3.05, 3.63) is 60.0 Å². The van der Waals surface area contributed by atoms with Gasteiger partial charge >= 0.3 is 0 Å². The number of nitrogens with zero attached hydrogens (tertiary/aromatic N) is 2. The van der Waals surface area contributed by atoms with Crippen molar-refractivity contribution < 1.29 is 4.39 Å². The molecule has 0 aliphatic rings. The molecule has 1 heterocycles. The van der Waals surface area contributed by atoms with Gasteiger partial charge in [-0.2, -0.15) is 5.26 Å². The average molecular weight is 278 g/mol. The molecule has 102 valence electrons. The molecule has 0 saturated heterocycles. The largest absolute Gasteiger partial charge is 0.397 e. The predicted octanol–water partition coefficient (Wildman–Crippen LogP) is 3.57. The number of rotatable bonds is 2. The summed E-state index contributed by atoms with van der Waals surface area (Å²) in [6.45, 7) is 0. The lowest BCUT2D eigenvalue weighted by Crippen LogP contribution is -1.98. The minimum Gasteiger partial charge on any atom is -0.397 e. The number of aromatic nitrogens is 1. The molecule has 0 saturated carbocycles. The van der Waals surface area contributed by atoms with E-state index in [4.69, 9.17) is 11.0 Å². The zero-order valence-corrected chi connectivity index (χ0v) is 11.0. The predicted molar refractivity (Wildman–Crippen MR) is 80.6 cm³/mol. The van der Waals surface area contributed by atoms with Crippen molar-refractivity contribution in [3.8, 4) is 6.07 Å². The van der Waals surface area contributed by atoms with Gasteiger partial charge in [0.1, 0.15) is 17.4 Å². The van der Waals surface area contributed by atoms with Crippen LogP contribution in [-0.4, -0.2) is 4.98 Å². The first-order valence-electron chi connectivity index (χ1n) is 6.29. The topological polar surface area (TPSA) is 74.7 Å². The first kappa shape index (κ1) is 12.9. The molecule has 0 amide bonds. The molecule has 0 unspecified atom stereocenters. The molecule has 5 heteroatoms. The summed E-state index contributed by atoms with van der Waals surface area (Å²) >= 11 is 0. The third-order valence-corrected chi connectivity index (χ3v) is 3.20. The zero-order chi connectivity index (χ0) is 14.8. The van der Waals surface area contributed by atoms with E-state index >= 15 is 0 Å². The van der Waals surface area contributed by atoms with E-state index in [9.17, 15) is 4.39 Å². The molecule has 3 rings (SSSR count). The fourth-order valence-corrected chi connectivity index (χ4v) is 2.19. The molecule has 0 radical (unpaired) electrons. The SMILES string of the molecule is N#Cc1c(F)cccc1Nc1ccnc2c(N)cccc12. The third kappa shape index (κ3) is 2.23. The lowest BCUT2D eigenvalue weighted by molar-refractivity contribution is 0.624. The fraction of sp³-hybridized carbons (Fsp3) is 0. The second-order valence-electron chi connectivity index (χ2n) is 4.50. The Balaban J connectivity index is 2.14. The molecule has 0 atom stereocenters. The zero-order valence-electron chi connectivity index (χ0n) is 11.0. The van der Waals surface area contributed by atoms with Crippen LogP contribution in [0.1, 0.15) is 5.56 Å². The van der Waals surface area contributed by atoms with Crippen LogP contribution in [0.25, 0.3) is 10.9 Å². The van der Waals surface area contributed by atoms with Gasteiger partial charge in [-0.3, -0.25) is 4.98 Å². The molecule has 0 bridgehead atoms. The maximum absolute atomic E-state index is 13.6. The van der Waals surface area contributed by atoms with Crippen LogP contribution in [0.4, 0.5) is 21.5 Å². The van der Waals surface area contributed by atoms with E-state index in [1.54, 1.807) is 30.5 Å². The standard InChI is InChI=1S/C16H11FN4/c17-12-4-2-6-14(11(12)9-18)21-15-7-8-20-16-10(15)3-1-5-13(16)19/h1-8H,19H2,(H,20,21). The van der Waals surface area contributed by atoms with Crippen molar-refractivity contribution in [2.24, 2.45) is 0 Å². The second-order valence-corrected chi connectivity index (χ2v) is 4.50. The number of nitrogens with two attached hydrogens (primary N) is 1. The number of nitrogens with one attached hydrogen (secondary N) is 1. The van der Waals surface area contributed by atoms with Gasteiger partial charge in [0.25, 0.3) is 0 Å². The summed E-state index contributed by atoms with van der Waals surface area (Å²) in [6, 6.07) is 13.5. The van der Waals surface area contributed by atoms with Crippen molar-refractivity contribution in [2.75, 3.05) is 11.1 Å². The Hall–Kier alpha value is -3.13. The number of nitrogen functional groups attached to an aromatic ring is 1. The molecule has 0 aliphatic heterocycles. The summed E-state index contributed by atoms with van der Waals surface area (Å²) in [6.07, 6.45) is 1.62. The lowest BCUT2D eigenvalue weighted by Gasteiger charge is -2.11. The Morgan fingerprint density at radius 2 is 1.90 bits per heavy atom. The number of nitriles is 1. The Kier molecular flexibility index (Phi) is 3.13. The van der Waals surface area contributed by atoms with Gasteiger partial charge in [-0.1, -0.05) is 18.2 Å². The minimum atomic E-state index is -0.555. The first-order valence-corrected chi connectivity index (χ1v) is 6.29. The molecule has 4 nitrogen and oxygen atoms in total. The number of para-hydroxylation sites is 1. The highest BCUT2D eigenvalue weighted by Crippen LogP contribution is 2.29. The highest BCUT2D eigenvalue weighted by Gasteiger charge is 2.10. The molecule has 0 aliphatic carbocycles. The highest BCUT2D eigenvalue weighted by atomic mass is 19.1. The maximum Gasteiger partial charge on any atom is 0.143 e. The lowest BCUT2D eigenvalue weighted by atomic mass is 10.1. The van der Waals surface area contributed by atoms with Crippen molar-refractivity contribution in [1.29, 1.82) is 5.26 Å². The van der Waals surface area contributed by atoms with Crippen molar-refractivity contribution in [1.82, 2.24) is 4.98 Å². The van der Waals surface area contributed by atoms with Gasteiger partial charge in [-0.25, -0.2) is 4.39 Å². The van der Waals surface area contributed by atoms with Crippen LogP contribution in [0.2, 0.25) is 0 Å². The molecular formula is C16H11FN4. The summed E-state index contributed by atoms with van der Waals surface area (Å²) in [7, 11) is 0. The summed E-state index contributed by atoms with van der Waals surface area (Å²) in [5.41, 5.74) is 8.23. The van der Waals surface area contributed by atoms with E-state index in [1.165, 1.54) is 6.07 Å².